The Morgan fingerprint density at radius 2 is 2.15 bits per heavy atom. The van der Waals surface area contributed by atoms with Crippen molar-refractivity contribution in [3.8, 4) is 0 Å². The van der Waals surface area contributed by atoms with Crippen molar-refractivity contribution in [3.05, 3.63) is 23.8 Å². The van der Waals surface area contributed by atoms with Crippen LogP contribution in [0.25, 0.3) is 0 Å². The lowest BCUT2D eigenvalue weighted by Gasteiger charge is -2.39. The number of aryl methyl sites for hydroxylation is 1. The quantitative estimate of drug-likeness (QED) is 0.847. The Kier molecular flexibility index (Phi) is 2.83. The zero-order valence-electron chi connectivity index (χ0n) is 11.8. The van der Waals surface area contributed by atoms with Crippen LogP contribution in [0.2, 0.25) is 0 Å². The van der Waals surface area contributed by atoms with Crippen LogP contribution in [-0.4, -0.2) is 43.0 Å². The van der Waals surface area contributed by atoms with Crippen LogP contribution in [0, 0.1) is 0 Å². The third kappa shape index (κ3) is 1.94. The van der Waals surface area contributed by atoms with Crippen molar-refractivity contribution >= 4 is 17.3 Å². The Labute approximate surface area is 119 Å². The first-order chi connectivity index (χ1) is 9.81. The van der Waals surface area contributed by atoms with Gasteiger partial charge >= 0.3 is 0 Å². The minimum atomic E-state index is 0.349. The van der Waals surface area contributed by atoms with Crippen LogP contribution in [-0.2, 0) is 11.2 Å². The van der Waals surface area contributed by atoms with Gasteiger partial charge in [0.15, 0.2) is 0 Å². The maximum atomic E-state index is 11.7. The fourth-order valence-electron chi connectivity index (χ4n) is 3.74. The summed E-state index contributed by atoms with van der Waals surface area (Å²) in [6, 6.07) is 7.24. The first-order valence-corrected chi connectivity index (χ1v) is 7.72. The molecule has 0 bridgehead atoms. The molecule has 1 aromatic rings. The van der Waals surface area contributed by atoms with Gasteiger partial charge < -0.3 is 15.1 Å². The summed E-state index contributed by atoms with van der Waals surface area (Å²) >= 11 is 0. The Morgan fingerprint density at radius 3 is 3.10 bits per heavy atom. The highest BCUT2D eigenvalue weighted by atomic mass is 16.2. The highest BCUT2D eigenvalue weighted by Gasteiger charge is 2.35. The summed E-state index contributed by atoms with van der Waals surface area (Å²) in [7, 11) is 0. The van der Waals surface area contributed by atoms with Crippen molar-refractivity contribution in [2.75, 3.05) is 36.4 Å². The molecule has 1 aromatic carbocycles. The molecule has 1 atom stereocenters. The molecule has 1 unspecified atom stereocenters. The van der Waals surface area contributed by atoms with Crippen molar-refractivity contribution in [2.45, 2.75) is 31.7 Å². The first kappa shape index (κ1) is 12.1. The molecule has 0 aromatic heterocycles. The molecule has 4 rings (SSSR count). The van der Waals surface area contributed by atoms with Crippen LogP contribution < -0.4 is 10.2 Å². The molecule has 1 N–H and O–H groups in total. The average molecular weight is 271 g/mol. The number of anilines is 2. The van der Waals surface area contributed by atoms with Crippen LogP contribution in [0.3, 0.4) is 0 Å². The molecule has 106 valence electrons. The van der Waals surface area contributed by atoms with Gasteiger partial charge in [0.25, 0.3) is 0 Å². The van der Waals surface area contributed by atoms with E-state index in [9.17, 15) is 4.79 Å². The Bertz CT molecular complexity index is 543. The molecule has 0 radical (unpaired) electrons. The lowest BCUT2D eigenvalue weighted by molar-refractivity contribution is -0.129. The number of fused-ring (bicyclic) bond motifs is 2. The predicted octanol–water partition coefficient (Wildman–Crippen LogP) is 1.86. The number of nitrogens with one attached hydrogen (secondary N) is 1. The molecule has 3 aliphatic rings. The zero-order chi connectivity index (χ0) is 13.5. The van der Waals surface area contributed by atoms with Gasteiger partial charge in [-0.1, -0.05) is 6.07 Å². The maximum absolute atomic E-state index is 11.7. The number of nitrogens with zero attached hydrogens (tertiary/aromatic N) is 2. The van der Waals surface area contributed by atoms with Crippen molar-refractivity contribution in [3.63, 3.8) is 0 Å². The van der Waals surface area contributed by atoms with Gasteiger partial charge in [-0.3, -0.25) is 4.79 Å². The molecule has 0 spiro atoms. The minimum absolute atomic E-state index is 0.349. The second kappa shape index (κ2) is 4.69. The number of carbonyl (C=O) groups excluding carboxylic acids is 1. The standard InChI is InChI=1S/C16H21N3O/c20-16-6-5-14-11-18(8-9-19(14)16)13-4-3-12-2-1-7-17-15(12)10-13/h3-4,10,14,17H,1-2,5-9,11H2. The van der Waals surface area contributed by atoms with E-state index in [0.717, 1.165) is 39.0 Å². The summed E-state index contributed by atoms with van der Waals surface area (Å²) in [6.07, 6.45) is 4.19. The van der Waals surface area contributed by atoms with Crippen LogP contribution in [0.1, 0.15) is 24.8 Å². The number of benzene rings is 1. The van der Waals surface area contributed by atoms with E-state index in [1.54, 1.807) is 0 Å². The minimum Gasteiger partial charge on any atom is -0.385 e. The van der Waals surface area contributed by atoms with Crippen LogP contribution in [0.4, 0.5) is 11.4 Å². The lowest BCUT2D eigenvalue weighted by atomic mass is 10.0. The SMILES string of the molecule is O=C1CCC2CN(c3ccc4c(c3)NCCC4)CCN12. The van der Waals surface area contributed by atoms with Crippen molar-refractivity contribution in [2.24, 2.45) is 0 Å². The van der Waals surface area contributed by atoms with E-state index < -0.39 is 0 Å². The molecule has 1 amide bonds. The van der Waals surface area contributed by atoms with Crippen molar-refractivity contribution in [1.29, 1.82) is 0 Å². The highest BCUT2D eigenvalue weighted by molar-refractivity contribution is 5.79. The van der Waals surface area contributed by atoms with E-state index in [0.29, 0.717) is 11.9 Å². The molecular formula is C16H21N3O. The molecule has 2 fully saturated rings. The number of hydrogen-bond donors (Lipinski definition) is 1. The summed E-state index contributed by atoms with van der Waals surface area (Å²) in [5, 5.41) is 3.50. The predicted molar refractivity (Wildman–Crippen MR) is 80.2 cm³/mol. The van der Waals surface area contributed by atoms with E-state index in [-0.39, 0.29) is 0 Å². The van der Waals surface area contributed by atoms with Gasteiger partial charge in [0.05, 0.1) is 0 Å². The monoisotopic (exact) mass is 271 g/mol. The zero-order valence-corrected chi connectivity index (χ0v) is 11.8. The molecule has 4 heteroatoms. The number of amides is 1. The van der Waals surface area contributed by atoms with E-state index in [4.69, 9.17) is 0 Å². The van der Waals surface area contributed by atoms with E-state index in [1.807, 2.05) is 0 Å². The van der Waals surface area contributed by atoms with Crippen LogP contribution in [0.15, 0.2) is 18.2 Å². The van der Waals surface area contributed by atoms with Crippen LogP contribution in [0.5, 0.6) is 0 Å². The molecular weight excluding hydrogens is 250 g/mol. The lowest BCUT2D eigenvalue weighted by Crippen LogP contribution is -2.51. The largest absolute Gasteiger partial charge is 0.385 e. The van der Waals surface area contributed by atoms with E-state index in [1.165, 1.54) is 29.8 Å². The molecule has 20 heavy (non-hydrogen) atoms. The second-order valence-electron chi connectivity index (χ2n) is 6.10. The third-order valence-electron chi connectivity index (χ3n) is 4.89. The fourth-order valence-corrected chi connectivity index (χ4v) is 3.74. The normalized spacial score (nSPS) is 25.2. The van der Waals surface area contributed by atoms with Gasteiger partial charge in [-0.15, -0.1) is 0 Å². The fraction of sp³-hybridized carbons (Fsp3) is 0.562. The first-order valence-electron chi connectivity index (χ1n) is 7.72. The maximum Gasteiger partial charge on any atom is 0.223 e. The second-order valence-corrected chi connectivity index (χ2v) is 6.10. The molecule has 4 nitrogen and oxygen atoms in total. The average Bonchev–Trinajstić information content (AvgIpc) is 2.88. The van der Waals surface area contributed by atoms with Crippen LogP contribution >= 0.6 is 0 Å². The van der Waals surface area contributed by atoms with Crippen molar-refractivity contribution in [1.82, 2.24) is 4.90 Å². The van der Waals surface area contributed by atoms with Gasteiger partial charge in [-0.2, -0.15) is 0 Å². The Hall–Kier alpha value is -1.71. The third-order valence-corrected chi connectivity index (χ3v) is 4.89. The van der Waals surface area contributed by atoms with Gasteiger partial charge in [0.1, 0.15) is 0 Å². The summed E-state index contributed by atoms with van der Waals surface area (Å²) in [5.74, 6) is 0.349. The van der Waals surface area contributed by atoms with Gasteiger partial charge in [0, 0.05) is 50.0 Å². The summed E-state index contributed by atoms with van der Waals surface area (Å²) < 4.78 is 0. The van der Waals surface area contributed by atoms with Gasteiger partial charge in [-0.05, 0) is 37.0 Å². The molecule has 3 heterocycles. The van der Waals surface area contributed by atoms with Gasteiger partial charge in [-0.25, -0.2) is 0 Å². The Balaban J connectivity index is 1.55. The smallest absolute Gasteiger partial charge is 0.223 e. The number of hydrogen-bond acceptors (Lipinski definition) is 3. The van der Waals surface area contributed by atoms with Gasteiger partial charge in [0.2, 0.25) is 5.91 Å². The Morgan fingerprint density at radius 1 is 1.20 bits per heavy atom. The number of carbonyl (C=O) groups is 1. The number of rotatable bonds is 1. The number of piperazine rings is 1. The molecule has 0 saturated carbocycles. The molecule has 3 aliphatic heterocycles. The molecule has 2 saturated heterocycles. The summed E-state index contributed by atoms with van der Waals surface area (Å²) in [5.41, 5.74) is 4.05. The summed E-state index contributed by atoms with van der Waals surface area (Å²) in [6.45, 7) is 3.92. The van der Waals surface area contributed by atoms with E-state index >= 15 is 0 Å². The van der Waals surface area contributed by atoms with Crippen molar-refractivity contribution < 1.29 is 4.79 Å². The molecule has 0 aliphatic carbocycles. The highest BCUT2D eigenvalue weighted by Crippen LogP contribution is 2.30. The van der Waals surface area contributed by atoms with E-state index in [2.05, 4.69) is 33.3 Å². The summed E-state index contributed by atoms with van der Waals surface area (Å²) in [4.78, 5) is 16.3. The topological polar surface area (TPSA) is 35.6 Å².